The van der Waals surface area contributed by atoms with E-state index in [0.717, 1.165) is 22.2 Å². The molecule has 2 heterocycles. The third kappa shape index (κ3) is 3.27. The first-order valence-electron chi connectivity index (χ1n) is 9.60. The van der Waals surface area contributed by atoms with Crippen molar-refractivity contribution in [1.82, 2.24) is 9.88 Å². The number of amides is 2. The Balaban J connectivity index is 1.77. The van der Waals surface area contributed by atoms with Crippen molar-refractivity contribution in [3.05, 3.63) is 65.4 Å². The molecule has 0 unspecified atom stereocenters. The molecular weight excluding hydrogens is 398 g/mol. The molecule has 30 heavy (non-hydrogen) atoms. The summed E-state index contributed by atoms with van der Waals surface area (Å²) >= 11 is 5.28. The van der Waals surface area contributed by atoms with Gasteiger partial charge in [-0.2, -0.15) is 0 Å². The number of anilines is 1. The minimum Gasteiger partial charge on any atom is -0.494 e. The molecular formula is C23H21N3O3S. The van der Waals surface area contributed by atoms with Crippen LogP contribution in [0, 0.1) is 6.92 Å². The normalized spacial score (nSPS) is 15.8. The smallest absolute Gasteiger partial charge is 0.270 e. The fourth-order valence-electron chi connectivity index (χ4n) is 3.63. The Bertz CT molecular complexity index is 1210. The van der Waals surface area contributed by atoms with Crippen LogP contribution in [0.5, 0.6) is 5.75 Å². The largest absolute Gasteiger partial charge is 0.494 e. The molecule has 7 heteroatoms. The number of para-hydroxylation sites is 1. The molecule has 1 aromatic heterocycles. The Labute approximate surface area is 179 Å². The molecule has 0 spiro atoms. The predicted octanol–water partition coefficient (Wildman–Crippen LogP) is 3.72. The molecule has 3 aromatic rings. The van der Waals surface area contributed by atoms with Crippen LogP contribution < -0.4 is 15.0 Å². The molecule has 0 bridgehead atoms. The van der Waals surface area contributed by atoms with Crippen molar-refractivity contribution in [2.45, 2.75) is 13.8 Å². The van der Waals surface area contributed by atoms with E-state index in [-0.39, 0.29) is 10.7 Å². The fourth-order valence-corrected chi connectivity index (χ4v) is 3.91. The number of aromatic nitrogens is 1. The highest BCUT2D eigenvalue weighted by molar-refractivity contribution is 7.80. The van der Waals surface area contributed by atoms with Gasteiger partial charge in [0.15, 0.2) is 5.11 Å². The van der Waals surface area contributed by atoms with Gasteiger partial charge in [-0.05, 0) is 62.5 Å². The standard InChI is InChI=1S/C23H21N3O3S/c1-4-29-16-11-9-15(10-12-16)26-22(28)19(21(27)24-23(26)30)13-18-14(2)25(3)20-8-6-5-7-17(18)20/h5-13H,4H2,1-3H3,(H,24,27,30)/b19-13+. The van der Waals surface area contributed by atoms with E-state index in [0.29, 0.717) is 18.0 Å². The maximum atomic E-state index is 13.3. The number of nitrogens with zero attached hydrogens (tertiary/aromatic N) is 2. The molecule has 1 aliphatic rings. The van der Waals surface area contributed by atoms with Gasteiger partial charge in [0.05, 0.1) is 12.3 Å². The maximum Gasteiger partial charge on any atom is 0.270 e. The highest BCUT2D eigenvalue weighted by Gasteiger charge is 2.34. The molecule has 1 saturated heterocycles. The van der Waals surface area contributed by atoms with Gasteiger partial charge in [0, 0.05) is 29.2 Å². The average Bonchev–Trinajstić information content (AvgIpc) is 2.97. The topological polar surface area (TPSA) is 63.6 Å². The van der Waals surface area contributed by atoms with Gasteiger partial charge in [0.25, 0.3) is 11.8 Å². The third-order valence-electron chi connectivity index (χ3n) is 5.24. The second-order valence-electron chi connectivity index (χ2n) is 6.96. The van der Waals surface area contributed by atoms with E-state index in [1.54, 1.807) is 30.3 Å². The molecule has 152 valence electrons. The number of carbonyl (C=O) groups is 2. The van der Waals surface area contributed by atoms with Gasteiger partial charge in [0.2, 0.25) is 0 Å². The molecule has 0 saturated carbocycles. The van der Waals surface area contributed by atoms with Gasteiger partial charge in [-0.3, -0.25) is 19.8 Å². The summed E-state index contributed by atoms with van der Waals surface area (Å²) in [6, 6.07) is 14.9. The quantitative estimate of drug-likeness (QED) is 0.398. The number of rotatable bonds is 4. The average molecular weight is 420 g/mol. The van der Waals surface area contributed by atoms with Crippen molar-refractivity contribution in [2.75, 3.05) is 11.5 Å². The Morgan fingerprint density at radius 2 is 1.80 bits per heavy atom. The zero-order valence-corrected chi connectivity index (χ0v) is 17.7. The molecule has 2 amide bonds. The number of thiocarbonyl (C=S) groups is 1. The second kappa shape index (κ2) is 7.76. The highest BCUT2D eigenvalue weighted by atomic mass is 32.1. The molecule has 4 rings (SSSR count). The summed E-state index contributed by atoms with van der Waals surface area (Å²) in [5.41, 5.74) is 3.44. The van der Waals surface area contributed by atoms with Crippen LogP contribution in [-0.4, -0.2) is 28.1 Å². The van der Waals surface area contributed by atoms with Crippen molar-refractivity contribution in [3.8, 4) is 5.75 Å². The van der Waals surface area contributed by atoms with E-state index in [2.05, 4.69) is 5.32 Å². The Morgan fingerprint density at radius 3 is 2.50 bits per heavy atom. The van der Waals surface area contributed by atoms with E-state index in [1.807, 2.05) is 49.7 Å². The van der Waals surface area contributed by atoms with Crippen LogP contribution in [0.4, 0.5) is 5.69 Å². The summed E-state index contributed by atoms with van der Waals surface area (Å²) in [6.07, 6.45) is 1.65. The van der Waals surface area contributed by atoms with E-state index in [4.69, 9.17) is 17.0 Å². The predicted molar refractivity (Wildman–Crippen MR) is 121 cm³/mol. The first kappa shape index (κ1) is 19.8. The number of hydrogen-bond acceptors (Lipinski definition) is 4. The fraction of sp³-hybridized carbons (Fsp3) is 0.174. The summed E-state index contributed by atoms with van der Waals surface area (Å²) in [5.74, 6) is -0.262. The van der Waals surface area contributed by atoms with Crippen molar-refractivity contribution in [1.29, 1.82) is 0 Å². The number of aryl methyl sites for hydroxylation is 1. The molecule has 1 fully saturated rings. The lowest BCUT2D eigenvalue weighted by Crippen LogP contribution is -2.54. The Kier molecular flexibility index (Phi) is 5.13. The monoisotopic (exact) mass is 419 g/mol. The van der Waals surface area contributed by atoms with E-state index >= 15 is 0 Å². The number of hydrogen-bond donors (Lipinski definition) is 1. The Hall–Kier alpha value is -3.45. The first-order chi connectivity index (χ1) is 14.4. The van der Waals surface area contributed by atoms with Crippen LogP contribution >= 0.6 is 12.2 Å². The Morgan fingerprint density at radius 1 is 1.10 bits per heavy atom. The van der Waals surface area contributed by atoms with E-state index in [1.165, 1.54) is 4.90 Å². The molecule has 0 atom stereocenters. The molecule has 0 aliphatic carbocycles. The second-order valence-corrected chi connectivity index (χ2v) is 7.35. The highest BCUT2D eigenvalue weighted by Crippen LogP contribution is 2.29. The van der Waals surface area contributed by atoms with E-state index in [9.17, 15) is 9.59 Å². The zero-order chi connectivity index (χ0) is 21.4. The molecule has 1 aliphatic heterocycles. The van der Waals surface area contributed by atoms with Gasteiger partial charge >= 0.3 is 0 Å². The molecule has 2 aromatic carbocycles. The van der Waals surface area contributed by atoms with Crippen LogP contribution in [-0.2, 0) is 16.6 Å². The molecule has 0 radical (unpaired) electrons. The summed E-state index contributed by atoms with van der Waals surface area (Å²) in [6.45, 7) is 4.42. The molecule has 6 nitrogen and oxygen atoms in total. The van der Waals surface area contributed by atoms with Gasteiger partial charge < -0.3 is 9.30 Å². The number of nitrogens with one attached hydrogen (secondary N) is 1. The zero-order valence-electron chi connectivity index (χ0n) is 16.9. The number of ether oxygens (including phenoxy) is 1. The van der Waals surface area contributed by atoms with Crippen LogP contribution in [0.15, 0.2) is 54.1 Å². The SMILES string of the molecule is CCOc1ccc(N2C(=O)/C(=C/c3c(C)n(C)c4ccccc34)C(=O)NC2=S)cc1. The summed E-state index contributed by atoms with van der Waals surface area (Å²) in [7, 11) is 1.96. The van der Waals surface area contributed by atoms with Crippen molar-refractivity contribution < 1.29 is 14.3 Å². The van der Waals surface area contributed by atoms with Crippen molar-refractivity contribution in [2.24, 2.45) is 7.05 Å². The van der Waals surface area contributed by atoms with Gasteiger partial charge in [-0.15, -0.1) is 0 Å². The van der Waals surface area contributed by atoms with Crippen LogP contribution in [0.25, 0.3) is 17.0 Å². The number of fused-ring (bicyclic) bond motifs is 1. The number of benzene rings is 2. The lowest BCUT2D eigenvalue weighted by Gasteiger charge is -2.29. The van der Waals surface area contributed by atoms with Gasteiger partial charge in [-0.1, -0.05) is 18.2 Å². The van der Waals surface area contributed by atoms with Crippen molar-refractivity contribution >= 4 is 51.8 Å². The number of carbonyl (C=O) groups excluding carboxylic acids is 2. The first-order valence-corrected chi connectivity index (χ1v) is 10.0. The minimum atomic E-state index is -0.500. The lowest BCUT2D eigenvalue weighted by molar-refractivity contribution is -0.122. The van der Waals surface area contributed by atoms with E-state index < -0.39 is 11.8 Å². The molecule has 1 N–H and O–H groups in total. The minimum absolute atomic E-state index is 0.0388. The van der Waals surface area contributed by atoms with Gasteiger partial charge in [0.1, 0.15) is 11.3 Å². The summed E-state index contributed by atoms with van der Waals surface area (Å²) in [4.78, 5) is 27.3. The lowest BCUT2D eigenvalue weighted by atomic mass is 10.0. The third-order valence-corrected chi connectivity index (χ3v) is 5.53. The summed E-state index contributed by atoms with van der Waals surface area (Å²) < 4.78 is 7.50. The summed E-state index contributed by atoms with van der Waals surface area (Å²) in [5, 5.41) is 3.67. The van der Waals surface area contributed by atoms with Crippen LogP contribution in [0.3, 0.4) is 0 Å². The van der Waals surface area contributed by atoms with Crippen molar-refractivity contribution in [3.63, 3.8) is 0 Å². The van der Waals surface area contributed by atoms with Crippen LogP contribution in [0.2, 0.25) is 0 Å². The maximum absolute atomic E-state index is 13.3. The van der Waals surface area contributed by atoms with Gasteiger partial charge in [-0.25, -0.2) is 0 Å². The van der Waals surface area contributed by atoms with Crippen LogP contribution in [0.1, 0.15) is 18.2 Å².